The lowest BCUT2D eigenvalue weighted by molar-refractivity contribution is 0.302. The molecular formula is C22H20N4OS. The fourth-order valence-corrected chi connectivity index (χ4v) is 4.03. The van der Waals surface area contributed by atoms with Gasteiger partial charge in [0.25, 0.3) is 0 Å². The topological polar surface area (TPSA) is 76.9 Å². The number of hydrogen-bond acceptors (Lipinski definition) is 5. The van der Waals surface area contributed by atoms with Gasteiger partial charge in [0.1, 0.15) is 18.4 Å². The van der Waals surface area contributed by atoms with Crippen molar-refractivity contribution in [1.82, 2.24) is 9.55 Å². The second kappa shape index (κ2) is 7.37. The van der Waals surface area contributed by atoms with Crippen LogP contribution in [0.1, 0.15) is 23.2 Å². The predicted octanol–water partition coefficient (Wildman–Crippen LogP) is 5.13. The van der Waals surface area contributed by atoms with Gasteiger partial charge in [-0.15, -0.1) is 11.3 Å². The molecule has 5 nitrogen and oxygen atoms in total. The van der Waals surface area contributed by atoms with Crippen LogP contribution in [0, 0.1) is 18.3 Å². The minimum atomic E-state index is 0.429. The van der Waals surface area contributed by atoms with Gasteiger partial charge in [0, 0.05) is 29.1 Å². The van der Waals surface area contributed by atoms with E-state index < -0.39 is 0 Å². The Morgan fingerprint density at radius 2 is 2.00 bits per heavy atom. The van der Waals surface area contributed by atoms with Crippen LogP contribution in [0.25, 0.3) is 22.2 Å². The number of hydrogen-bond donors (Lipinski definition) is 1. The molecule has 0 unspecified atom stereocenters. The third kappa shape index (κ3) is 3.21. The molecule has 2 aromatic carbocycles. The van der Waals surface area contributed by atoms with Crippen LogP contribution in [0.15, 0.2) is 47.8 Å². The number of nitrogens with zero attached hydrogens (tertiary/aromatic N) is 3. The Morgan fingerprint density at radius 1 is 1.21 bits per heavy atom. The molecule has 0 atom stereocenters. The van der Waals surface area contributed by atoms with E-state index in [1.165, 1.54) is 0 Å². The Hall–Kier alpha value is -3.30. The SMILES string of the molecule is CCn1c(-c2ccc(N)cc2)c(C#N)c2ccc(OCc3csc(C)n3)cc21. The van der Waals surface area contributed by atoms with Crippen molar-refractivity contribution in [2.45, 2.75) is 27.0 Å². The van der Waals surface area contributed by atoms with Crippen molar-refractivity contribution in [2.75, 3.05) is 5.73 Å². The lowest BCUT2D eigenvalue weighted by Gasteiger charge is -2.10. The van der Waals surface area contributed by atoms with E-state index in [-0.39, 0.29) is 0 Å². The molecule has 28 heavy (non-hydrogen) atoms. The van der Waals surface area contributed by atoms with E-state index in [4.69, 9.17) is 10.5 Å². The van der Waals surface area contributed by atoms with E-state index in [0.29, 0.717) is 17.9 Å². The van der Waals surface area contributed by atoms with Crippen molar-refractivity contribution >= 4 is 27.9 Å². The van der Waals surface area contributed by atoms with Gasteiger partial charge in [-0.1, -0.05) is 12.1 Å². The summed E-state index contributed by atoms with van der Waals surface area (Å²) in [5.74, 6) is 0.763. The van der Waals surface area contributed by atoms with E-state index in [1.807, 2.05) is 54.8 Å². The molecule has 0 bridgehead atoms. The van der Waals surface area contributed by atoms with Gasteiger partial charge in [-0.25, -0.2) is 4.98 Å². The summed E-state index contributed by atoms with van der Waals surface area (Å²) in [5.41, 5.74) is 11.0. The predicted molar refractivity (Wildman–Crippen MR) is 113 cm³/mol. The van der Waals surface area contributed by atoms with Crippen molar-refractivity contribution in [2.24, 2.45) is 0 Å². The quantitative estimate of drug-likeness (QED) is 0.481. The summed E-state index contributed by atoms with van der Waals surface area (Å²) in [7, 11) is 0. The molecule has 0 aliphatic heterocycles. The summed E-state index contributed by atoms with van der Waals surface area (Å²) in [4.78, 5) is 4.44. The molecule has 4 aromatic rings. The second-order valence-corrected chi connectivity index (χ2v) is 7.59. The first-order chi connectivity index (χ1) is 13.6. The van der Waals surface area contributed by atoms with E-state index >= 15 is 0 Å². The maximum absolute atomic E-state index is 9.84. The summed E-state index contributed by atoms with van der Waals surface area (Å²) < 4.78 is 8.10. The largest absolute Gasteiger partial charge is 0.487 e. The Bertz CT molecular complexity index is 1180. The molecule has 0 fully saturated rings. The van der Waals surface area contributed by atoms with Gasteiger partial charge in [0.2, 0.25) is 0 Å². The second-order valence-electron chi connectivity index (χ2n) is 6.53. The number of nitriles is 1. The average molecular weight is 388 g/mol. The van der Waals surface area contributed by atoms with Crippen molar-refractivity contribution in [3.63, 3.8) is 0 Å². The van der Waals surface area contributed by atoms with Crippen molar-refractivity contribution in [1.29, 1.82) is 5.26 Å². The van der Waals surface area contributed by atoms with Gasteiger partial charge in [-0.2, -0.15) is 5.26 Å². The standard InChI is InChI=1S/C22H20N4OS/c1-3-26-21-10-18(27-12-17-13-28-14(2)25-17)8-9-19(21)20(11-23)22(26)15-4-6-16(24)7-5-15/h4-10,13H,3,12,24H2,1-2H3. The van der Waals surface area contributed by atoms with E-state index in [0.717, 1.165) is 45.2 Å². The van der Waals surface area contributed by atoms with Crippen LogP contribution in [-0.2, 0) is 13.2 Å². The normalized spacial score (nSPS) is 10.9. The number of benzene rings is 2. The highest BCUT2D eigenvalue weighted by Gasteiger charge is 2.18. The van der Waals surface area contributed by atoms with Crippen molar-refractivity contribution in [3.8, 4) is 23.1 Å². The molecule has 140 valence electrons. The number of nitrogens with two attached hydrogens (primary N) is 1. The fraction of sp³-hybridized carbons (Fsp3) is 0.182. The maximum atomic E-state index is 9.84. The summed E-state index contributed by atoms with van der Waals surface area (Å²) in [5, 5.41) is 13.8. The molecule has 0 spiro atoms. The molecule has 6 heteroatoms. The number of rotatable bonds is 5. The molecular weight excluding hydrogens is 368 g/mol. The van der Waals surface area contributed by atoms with Gasteiger partial charge >= 0.3 is 0 Å². The molecule has 0 amide bonds. The van der Waals surface area contributed by atoms with Crippen LogP contribution in [0.2, 0.25) is 0 Å². The number of ether oxygens (including phenoxy) is 1. The maximum Gasteiger partial charge on any atom is 0.131 e. The summed E-state index contributed by atoms with van der Waals surface area (Å²) >= 11 is 1.61. The Kier molecular flexibility index (Phi) is 4.76. The number of aromatic nitrogens is 2. The highest BCUT2D eigenvalue weighted by Crippen LogP contribution is 2.35. The minimum absolute atomic E-state index is 0.429. The Morgan fingerprint density at radius 3 is 2.64 bits per heavy atom. The number of fused-ring (bicyclic) bond motifs is 1. The van der Waals surface area contributed by atoms with Gasteiger partial charge < -0.3 is 15.0 Å². The zero-order valence-electron chi connectivity index (χ0n) is 15.8. The molecule has 0 radical (unpaired) electrons. The van der Waals surface area contributed by atoms with Crippen LogP contribution in [0.5, 0.6) is 5.75 Å². The zero-order valence-corrected chi connectivity index (χ0v) is 16.6. The van der Waals surface area contributed by atoms with Crippen LogP contribution in [-0.4, -0.2) is 9.55 Å². The molecule has 0 saturated heterocycles. The molecule has 2 N–H and O–H groups in total. The van der Waals surface area contributed by atoms with Gasteiger partial charge in [-0.3, -0.25) is 0 Å². The molecule has 0 aliphatic carbocycles. The fourth-order valence-electron chi connectivity index (χ4n) is 3.43. The minimum Gasteiger partial charge on any atom is -0.487 e. The van der Waals surface area contributed by atoms with E-state index in [9.17, 15) is 5.26 Å². The molecule has 0 aliphatic rings. The molecule has 2 aromatic heterocycles. The summed E-state index contributed by atoms with van der Waals surface area (Å²) in [6, 6.07) is 15.9. The highest BCUT2D eigenvalue weighted by molar-refractivity contribution is 7.09. The van der Waals surface area contributed by atoms with Gasteiger partial charge in [0.05, 0.1) is 27.5 Å². The van der Waals surface area contributed by atoms with E-state index in [1.54, 1.807) is 11.3 Å². The van der Waals surface area contributed by atoms with E-state index in [2.05, 4.69) is 22.5 Å². The van der Waals surface area contributed by atoms with Gasteiger partial charge in [0.15, 0.2) is 0 Å². The first-order valence-electron chi connectivity index (χ1n) is 9.06. The monoisotopic (exact) mass is 388 g/mol. The smallest absolute Gasteiger partial charge is 0.131 e. The lowest BCUT2D eigenvalue weighted by atomic mass is 10.1. The summed E-state index contributed by atoms with van der Waals surface area (Å²) in [6.07, 6.45) is 0. The highest BCUT2D eigenvalue weighted by atomic mass is 32.1. The Balaban J connectivity index is 1.78. The number of thiazole rings is 1. The zero-order chi connectivity index (χ0) is 19.7. The first-order valence-corrected chi connectivity index (χ1v) is 9.94. The van der Waals surface area contributed by atoms with Crippen LogP contribution < -0.4 is 10.5 Å². The van der Waals surface area contributed by atoms with Crippen LogP contribution >= 0.6 is 11.3 Å². The third-order valence-electron chi connectivity index (χ3n) is 4.70. The number of aryl methyl sites for hydroxylation is 2. The van der Waals surface area contributed by atoms with Crippen molar-refractivity contribution in [3.05, 3.63) is 64.1 Å². The molecule has 4 rings (SSSR count). The number of nitrogen functional groups attached to an aromatic ring is 1. The average Bonchev–Trinajstić information content (AvgIpc) is 3.26. The summed E-state index contributed by atoms with van der Waals surface area (Å²) in [6.45, 7) is 5.23. The van der Waals surface area contributed by atoms with Crippen LogP contribution in [0.3, 0.4) is 0 Å². The third-order valence-corrected chi connectivity index (χ3v) is 5.52. The van der Waals surface area contributed by atoms with Crippen molar-refractivity contribution < 1.29 is 4.74 Å². The number of anilines is 1. The van der Waals surface area contributed by atoms with Crippen LogP contribution in [0.4, 0.5) is 5.69 Å². The molecule has 2 heterocycles. The lowest BCUT2D eigenvalue weighted by Crippen LogP contribution is -1.99. The molecule has 0 saturated carbocycles. The first kappa shape index (κ1) is 18.1. The Labute approximate surface area is 167 Å². The van der Waals surface area contributed by atoms with Gasteiger partial charge in [-0.05, 0) is 43.7 Å².